The topological polar surface area (TPSA) is 90.1 Å². The fourth-order valence-corrected chi connectivity index (χ4v) is 5.23. The summed E-state index contributed by atoms with van der Waals surface area (Å²) in [7, 11) is 3.24. The van der Waals surface area contributed by atoms with Crippen molar-refractivity contribution in [2.24, 2.45) is 0 Å². The molecule has 0 unspecified atom stereocenters. The van der Waals surface area contributed by atoms with Gasteiger partial charge in [-0.3, -0.25) is 4.79 Å². The van der Waals surface area contributed by atoms with Crippen LogP contribution in [0.5, 0.6) is 28.7 Å². The van der Waals surface area contributed by atoms with E-state index in [0.29, 0.717) is 23.8 Å². The molecule has 0 spiro atoms. The zero-order valence-corrected chi connectivity index (χ0v) is 20.7. The Labute approximate surface area is 214 Å². The number of hydrogen-bond donors (Lipinski definition) is 2. The monoisotopic (exact) mass is 499 g/mol. The maximum absolute atomic E-state index is 13.3. The number of ether oxygens (including phenoxy) is 4. The first-order valence-corrected chi connectivity index (χ1v) is 12.1. The molecule has 37 heavy (non-hydrogen) atoms. The van der Waals surface area contributed by atoms with E-state index in [1.54, 1.807) is 38.5 Å². The zero-order valence-electron chi connectivity index (χ0n) is 20.7. The highest BCUT2D eigenvalue weighted by Crippen LogP contribution is 2.43. The summed E-state index contributed by atoms with van der Waals surface area (Å²) in [4.78, 5) is 13.3. The van der Waals surface area contributed by atoms with Crippen LogP contribution in [0.3, 0.4) is 0 Å². The van der Waals surface area contributed by atoms with Crippen LogP contribution in [0.4, 0.5) is 0 Å². The van der Waals surface area contributed by atoms with Crippen molar-refractivity contribution in [1.82, 2.24) is 5.32 Å². The lowest BCUT2D eigenvalue weighted by Gasteiger charge is -2.21. The third-order valence-electron chi connectivity index (χ3n) is 7.01. The molecule has 3 aromatic carbocycles. The van der Waals surface area contributed by atoms with Crippen LogP contribution in [-0.2, 0) is 30.7 Å². The first kappa shape index (κ1) is 23.0. The molecule has 0 saturated heterocycles. The Morgan fingerprint density at radius 2 is 1.81 bits per heavy atom. The molecule has 0 atom stereocenters. The molecular formula is C29H27N2O6+. The molecule has 3 heterocycles. The van der Waals surface area contributed by atoms with E-state index >= 15 is 0 Å². The first-order chi connectivity index (χ1) is 18.1. The number of fused-ring (bicyclic) bond motifs is 5. The van der Waals surface area contributed by atoms with Gasteiger partial charge in [-0.2, -0.15) is 4.57 Å². The molecule has 0 bridgehead atoms. The third-order valence-corrected chi connectivity index (χ3v) is 7.01. The van der Waals surface area contributed by atoms with Crippen molar-refractivity contribution >= 4 is 16.7 Å². The summed E-state index contributed by atoms with van der Waals surface area (Å²) in [6, 6.07) is 14.7. The number of phenols is 1. The lowest BCUT2D eigenvalue weighted by molar-refractivity contribution is -0.686. The Bertz CT molecular complexity index is 1530. The van der Waals surface area contributed by atoms with E-state index in [-0.39, 0.29) is 24.9 Å². The minimum atomic E-state index is -0.106. The van der Waals surface area contributed by atoms with Crippen LogP contribution in [0.2, 0.25) is 0 Å². The number of phenolic OH excluding ortho intramolecular Hbond substituents is 1. The van der Waals surface area contributed by atoms with Crippen LogP contribution in [0.25, 0.3) is 22.0 Å². The maximum Gasteiger partial charge on any atom is 0.231 e. The van der Waals surface area contributed by atoms with Gasteiger partial charge in [0, 0.05) is 23.9 Å². The lowest BCUT2D eigenvalue weighted by Crippen LogP contribution is -2.41. The number of aryl methyl sites for hydroxylation is 2. The van der Waals surface area contributed by atoms with Gasteiger partial charge in [-0.15, -0.1) is 0 Å². The van der Waals surface area contributed by atoms with Gasteiger partial charge in [0.15, 0.2) is 35.7 Å². The Kier molecular flexibility index (Phi) is 5.71. The fraction of sp³-hybridized carbons (Fsp3) is 0.241. The molecule has 4 aromatic rings. The summed E-state index contributed by atoms with van der Waals surface area (Å²) in [6.07, 6.45) is 3.08. The third kappa shape index (κ3) is 4.04. The number of aromatic hydroxyl groups is 1. The van der Waals surface area contributed by atoms with Gasteiger partial charge in [0.2, 0.25) is 18.4 Å². The molecule has 0 fully saturated rings. The van der Waals surface area contributed by atoms with Crippen LogP contribution in [0, 0.1) is 0 Å². The molecule has 1 amide bonds. The van der Waals surface area contributed by atoms with Gasteiger partial charge >= 0.3 is 0 Å². The molecule has 188 valence electrons. The average molecular weight is 500 g/mol. The van der Waals surface area contributed by atoms with Crippen molar-refractivity contribution in [3.8, 4) is 40.0 Å². The number of nitrogens with one attached hydrogen (secondary N) is 1. The minimum absolute atomic E-state index is 0.106. The number of amides is 1. The molecule has 2 N–H and O–H groups in total. The number of methoxy groups -OCH3 is 2. The summed E-state index contributed by atoms with van der Waals surface area (Å²) in [5, 5.41) is 14.4. The highest BCUT2D eigenvalue weighted by atomic mass is 16.7. The van der Waals surface area contributed by atoms with E-state index in [0.717, 1.165) is 57.4 Å². The molecule has 6 rings (SSSR count). The highest BCUT2D eigenvalue weighted by Gasteiger charge is 2.33. The van der Waals surface area contributed by atoms with Gasteiger partial charge in [-0.1, -0.05) is 12.1 Å². The molecule has 2 aliphatic heterocycles. The van der Waals surface area contributed by atoms with Gasteiger partial charge in [-0.25, -0.2) is 0 Å². The molecular weight excluding hydrogens is 472 g/mol. The molecule has 8 nitrogen and oxygen atoms in total. The number of rotatable bonds is 6. The predicted molar refractivity (Wildman–Crippen MR) is 136 cm³/mol. The lowest BCUT2D eigenvalue weighted by atomic mass is 9.89. The maximum atomic E-state index is 13.3. The van der Waals surface area contributed by atoms with Gasteiger partial charge in [0.25, 0.3) is 0 Å². The Balaban J connectivity index is 1.47. The van der Waals surface area contributed by atoms with Crippen LogP contribution in [0.15, 0.2) is 54.7 Å². The first-order valence-electron chi connectivity index (χ1n) is 12.1. The summed E-state index contributed by atoms with van der Waals surface area (Å²) >= 11 is 0. The van der Waals surface area contributed by atoms with Crippen LogP contribution >= 0.6 is 0 Å². The normalized spacial score (nSPS) is 13.1. The van der Waals surface area contributed by atoms with Gasteiger partial charge in [0.05, 0.1) is 31.6 Å². The van der Waals surface area contributed by atoms with Gasteiger partial charge < -0.3 is 29.4 Å². The molecule has 0 aliphatic carbocycles. The SMILES string of the molecule is COc1ccc2c(CC(=O)NCc3ccc(O)cc3)c3[n+](cc2c1OC)CCc1cc2c(cc1-3)OCO2. The predicted octanol–water partition coefficient (Wildman–Crippen LogP) is 3.66. The van der Waals surface area contributed by atoms with Crippen molar-refractivity contribution in [2.75, 3.05) is 21.0 Å². The summed E-state index contributed by atoms with van der Waals surface area (Å²) in [6.45, 7) is 1.32. The van der Waals surface area contributed by atoms with E-state index in [2.05, 4.69) is 22.1 Å². The van der Waals surface area contributed by atoms with Crippen molar-refractivity contribution in [3.05, 3.63) is 71.4 Å². The van der Waals surface area contributed by atoms with Crippen molar-refractivity contribution in [3.63, 3.8) is 0 Å². The average Bonchev–Trinajstić information content (AvgIpc) is 3.38. The summed E-state index contributed by atoms with van der Waals surface area (Å²) in [5.74, 6) is 2.83. The van der Waals surface area contributed by atoms with E-state index in [9.17, 15) is 9.90 Å². The summed E-state index contributed by atoms with van der Waals surface area (Å²) in [5.41, 5.74) is 4.99. The largest absolute Gasteiger partial charge is 0.508 e. The molecule has 8 heteroatoms. The molecule has 1 aromatic heterocycles. The second-order valence-corrected chi connectivity index (χ2v) is 9.14. The molecule has 2 aliphatic rings. The standard InChI is InChI=1S/C29H26N2O6/c1-34-24-8-7-20-22(13-27(33)30-14-17-3-5-19(32)6-4-17)28-21-12-26-25(36-16-37-26)11-18(21)9-10-31(28)15-23(20)29(24)35-2/h3-8,11-12,15H,9-10,13-14,16H2,1-2H3,(H-,30,32,33)/p+1. The number of benzene rings is 3. The van der Waals surface area contributed by atoms with E-state index < -0.39 is 0 Å². The van der Waals surface area contributed by atoms with Gasteiger partial charge in [-0.05, 0) is 47.5 Å². The van der Waals surface area contributed by atoms with Gasteiger partial charge in [0.1, 0.15) is 5.75 Å². The fourth-order valence-electron chi connectivity index (χ4n) is 5.23. The van der Waals surface area contributed by atoms with Crippen LogP contribution in [-0.4, -0.2) is 32.0 Å². The van der Waals surface area contributed by atoms with Crippen LogP contribution < -0.4 is 28.8 Å². The number of carbonyl (C=O) groups excluding carboxylic acids is 1. The Hall–Kier alpha value is -4.46. The number of pyridine rings is 1. The zero-order chi connectivity index (χ0) is 25.5. The number of aromatic nitrogens is 1. The molecule has 0 radical (unpaired) electrons. The number of carbonyl (C=O) groups is 1. The van der Waals surface area contributed by atoms with Crippen molar-refractivity contribution in [1.29, 1.82) is 0 Å². The second-order valence-electron chi connectivity index (χ2n) is 9.14. The summed E-state index contributed by atoms with van der Waals surface area (Å²) < 4.78 is 24.8. The van der Waals surface area contributed by atoms with Crippen LogP contribution in [0.1, 0.15) is 16.7 Å². The van der Waals surface area contributed by atoms with Crippen molar-refractivity contribution in [2.45, 2.75) is 25.9 Å². The number of nitrogens with zero attached hydrogens (tertiary/aromatic N) is 1. The van der Waals surface area contributed by atoms with Crippen molar-refractivity contribution < 1.29 is 33.4 Å². The second kappa shape index (κ2) is 9.20. The Morgan fingerprint density at radius 1 is 1.03 bits per heavy atom. The minimum Gasteiger partial charge on any atom is -0.508 e. The number of hydrogen-bond acceptors (Lipinski definition) is 6. The van der Waals surface area contributed by atoms with E-state index in [1.807, 2.05) is 18.2 Å². The molecule has 0 saturated carbocycles. The quantitative estimate of drug-likeness (QED) is 0.394. The van der Waals surface area contributed by atoms with E-state index in [4.69, 9.17) is 18.9 Å². The smallest absolute Gasteiger partial charge is 0.231 e. The van der Waals surface area contributed by atoms with E-state index in [1.165, 1.54) is 0 Å². The highest BCUT2D eigenvalue weighted by molar-refractivity contribution is 5.97. The Morgan fingerprint density at radius 3 is 2.57 bits per heavy atom.